The molecule has 1 aromatic carbocycles. The van der Waals surface area contributed by atoms with Crippen LogP contribution in [0.1, 0.15) is 24.2 Å². The Bertz CT molecular complexity index is 570. The number of carbonyl (C=O) groups is 1. The molecule has 1 unspecified atom stereocenters. The predicted octanol–water partition coefficient (Wildman–Crippen LogP) is 3.45. The van der Waals surface area contributed by atoms with Gasteiger partial charge in [-0.25, -0.2) is 13.2 Å². The van der Waals surface area contributed by atoms with Gasteiger partial charge in [0.1, 0.15) is 0 Å². The van der Waals surface area contributed by atoms with Crippen molar-refractivity contribution in [2.75, 3.05) is 5.32 Å². The molecular formula is C14H14ClF3N2O. The van der Waals surface area contributed by atoms with Gasteiger partial charge in [0.25, 0.3) is 12.3 Å². The molecule has 21 heavy (non-hydrogen) atoms. The third kappa shape index (κ3) is 4.87. The van der Waals surface area contributed by atoms with Crippen molar-refractivity contribution in [1.29, 1.82) is 0 Å². The molecule has 0 bridgehead atoms. The number of hydrogen-bond donors (Lipinski definition) is 2. The molecule has 0 spiro atoms. The fraction of sp³-hybridized carbons (Fsp3) is 0.357. The van der Waals surface area contributed by atoms with E-state index in [1.807, 2.05) is 5.32 Å². The maximum atomic E-state index is 13.1. The molecule has 2 N–H and O–H groups in total. The summed E-state index contributed by atoms with van der Waals surface area (Å²) in [5.74, 6) is 1.71. The fourth-order valence-corrected chi connectivity index (χ4v) is 1.60. The maximum Gasteiger partial charge on any atom is 0.287 e. The molecule has 1 atom stereocenters. The van der Waals surface area contributed by atoms with Crippen molar-refractivity contribution in [1.82, 2.24) is 5.32 Å². The molecule has 0 saturated carbocycles. The molecule has 0 aliphatic rings. The molecule has 1 amide bonds. The minimum Gasteiger partial charge on any atom is -0.351 e. The van der Waals surface area contributed by atoms with Crippen molar-refractivity contribution in [3.63, 3.8) is 0 Å². The summed E-state index contributed by atoms with van der Waals surface area (Å²) >= 11 is 5.78. The summed E-state index contributed by atoms with van der Waals surface area (Å²) in [7, 11) is 0. The Morgan fingerprint density at radius 2 is 2.00 bits per heavy atom. The van der Waals surface area contributed by atoms with E-state index in [2.05, 4.69) is 11.2 Å². The van der Waals surface area contributed by atoms with Gasteiger partial charge < -0.3 is 10.6 Å². The first-order valence-corrected chi connectivity index (χ1v) is 6.32. The van der Waals surface area contributed by atoms with Crippen LogP contribution in [0.3, 0.4) is 0 Å². The summed E-state index contributed by atoms with van der Waals surface area (Å²) in [5, 5.41) is 4.65. The molecule has 0 aliphatic heterocycles. The van der Waals surface area contributed by atoms with Gasteiger partial charge in [0, 0.05) is 10.7 Å². The number of carbonyl (C=O) groups excluding carboxylic acids is 1. The molecule has 3 nitrogen and oxygen atoms in total. The highest BCUT2D eigenvalue weighted by atomic mass is 35.5. The van der Waals surface area contributed by atoms with Gasteiger partial charge in [0.15, 0.2) is 0 Å². The first-order valence-electron chi connectivity index (χ1n) is 5.95. The molecule has 0 heterocycles. The van der Waals surface area contributed by atoms with E-state index in [0.29, 0.717) is 0 Å². The Balaban J connectivity index is 3.08. The maximum absolute atomic E-state index is 13.1. The molecule has 0 radical (unpaired) electrons. The van der Waals surface area contributed by atoms with Crippen LogP contribution in [0, 0.1) is 12.3 Å². The number of amides is 1. The van der Waals surface area contributed by atoms with E-state index in [1.54, 1.807) is 13.8 Å². The first-order chi connectivity index (χ1) is 9.66. The number of hydrogen-bond acceptors (Lipinski definition) is 2. The van der Waals surface area contributed by atoms with Crippen LogP contribution in [-0.4, -0.2) is 24.2 Å². The van der Waals surface area contributed by atoms with Crippen molar-refractivity contribution in [2.24, 2.45) is 0 Å². The SMILES string of the molecule is C#CC(C)(C)NC(=O)c1cc(Cl)ccc1NC(F)C(F)F. The second-order valence-electron chi connectivity index (χ2n) is 4.79. The minimum absolute atomic E-state index is 0.0749. The molecule has 1 rings (SSSR count). The molecule has 0 aliphatic carbocycles. The van der Waals surface area contributed by atoms with Gasteiger partial charge in [0.05, 0.1) is 11.1 Å². The summed E-state index contributed by atoms with van der Waals surface area (Å²) in [6.07, 6.45) is -0.567. The molecule has 0 saturated heterocycles. The number of anilines is 1. The number of terminal acetylenes is 1. The van der Waals surface area contributed by atoms with Crippen molar-refractivity contribution in [3.05, 3.63) is 28.8 Å². The Kier molecular flexibility index (Phi) is 5.50. The topological polar surface area (TPSA) is 41.1 Å². The van der Waals surface area contributed by atoms with Crippen molar-refractivity contribution < 1.29 is 18.0 Å². The number of benzene rings is 1. The van der Waals surface area contributed by atoms with Gasteiger partial charge in [-0.2, -0.15) is 0 Å². The minimum atomic E-state index is -3.22. The summed E-state index contributed by atoms with van der Waals surface area (Å²) < 4.78 is 37.6. The largest absolute Gasteiger partial charge is 0.351 e. The quantitative estimate of drug-likeness (QED) is 0.645. The lowest BCUT2D eigenvalue weighted by Crippen LogP contribution is -2.42. The van der Waals surface area contributed by atoms with Crippen molar-refractivity contribution in [3.8, 4) is 12.3 Å². The Hall–Kier alpha value is -1.87. The van der Waals surface area contributed by atoms with E-state index in [4.69, 9.17) is 18.0 Å². The van der Waals surface area contributed by atoms with Gasteiger partial charge >= 0.3 is 0 Å². The monoisotopic (exact) mass is 318 g/mol. The van der Waals surface area contributed by atoms with Gasteiger partial charge in [0.2, 0.25) is 6.30 Å². The summed E-state index contributed by atoms with van der Waals surface area (Å²) in [4.78, 5) is 12.1. The second kappa shape index (κ2) is 6.72. The summed E-state index contributed by atoms with van der Waals surface area (Å²) in [6, 6.07) is 3.84. The summed E-state index contributed by atoms with van der Waals surface area (Å²) in [5.41, 5.74) is -1.12. The van der Waals surface area contributed by atoms with E-state index in [1.165, 1.54) is 18.2 Å². The van der Waals surface area contributed by atoms with E-state index in [0.717, 1.165) is 0 Å². The summed E-state index contributed by atoms with van der Waals surface area (Å²) in [6.45, 7) is 3.17. The van der Waals surface area contributed by atoms with Crippen molar-refractivity contribution in [2.45, 2.75) is 32.1 Å². The Morgan fingerprint density at radius 1 is 1.38 bits per heavy atom. The van der Waals surface area contributed by atoms with Crippen LogP contribution in [0.5, 0.6) is 0 Å². The normalized spacial score (nSPS) is 12.7. The highest BCUT2D eigenvalue weighted by Crippen LogP contribution is 2.23. The zero-order valence-corrected chi connectivity index (χ0v) is 12.1. The van der Waals surface area contributed by atoms with Crippen LogP contribution >= 0.6 is 11.6 Å². The van der Waals surface area contributed by atoms with Crippen LogP contribution in [0.15, 0.2) is 18.2 Å². The van der Waals surface area contributed by atoms with Crippen LogP contribution in [0.2, 0.25) is 5.02 Å². The molecule has 7 heteroatoms. The molecule has 1 aromatic rings. The molecular weight excluding hydrogens is 305 g/mol. The lowest BCUT2D eigenvalue weighted by Gasteiger charge is -2.21. The van der Waals surface area contributed by atoms with Gasteiger partial charge in [-0.3, -0.25) is 4.79 Å². The van der Waals surface area contributed by atoms with Crippen molar-refractivity contribution >= 4 is 23.2 Å². The number of nitrogens with one attached hydrogen (secondary N) is 2. The lowest BCUT2D eigenvalue weighted by atomic mass is 10.1. The Labute approximate surface area is 125 Å². The van der Waals surface area contributed by atoms with E-state index in [-0.39, 0.29) is 16.3 Å². The lowest BCUT2D eigenvalue weighted by molar-refractivity contribution is 0.0649. The standard InChI is InChI=1S/C14H14ClF3N2O/c1-4-14(2,3)20-13(21)9-7-8(15)5-6-10(9)19-12(18)11(16)17/h1,5-7,11-12,19H,2-3H3,(H,20,21). The predicted molar refractivity (Wildman–Crippen MR) is 76.4 cm³/mol. The van der Waals surface area contributed by atoms with Crippen LogP contribution in [0.25, 0.3) is 0 Å². The Morgan fingerprint density at radius 3 is 2.52 bits per heavy atom. The first kappa shape index (κ1) is 17.2. The zero-order chi connectivity index (χ0) is 16.2. The van der Waals surface area contributed by atoms with E-state index in [9.17, 15) is 18.0 Å². The highest BCUT2D eigenvalue weighted by molar-refractivity contribution is 6.31. The third-order valence-corrected chi connectivity index (χ3v) is 2.76. The fourth-order valence-electron chi connectivity index (χ4n) is 1.43. The van der Waals surface area contributed by atoms with Gasteiger partial charge in [-0.1, -0.05) is 17.5 Å². The van der Waals surface area contributed by atoms with Crippen LogP contribution < -0.4 is 10.6 Å². The second-order valence-corrected chi connectivity index (χ2v) is 5.23. The smallest absolute Gasteiger partial charge is 0.287 e. The van der Waals surface area contributed by atoms with Crippen LogP contribution in [-0.2, 0) is 0 Å². The zero-order valence-electron chi connectivity index (χ0n) is 11.4. The van der Waals surface area contributed by atoms with E-state index < -0.39 is 24.2 Å². The number of halogens is 4. The number of alkyl halides is 3. The highest BCUT2D eigenvalue weighted by Gasteiger charge is 2.24. The average Bonchev–Trinajstić information content (AvgIpc) is 2.40. The van der Waals surface area contributed by atoms with E-state index >= 15 is 0 Å². The molecule has 0 aromatic heterocycles. The third-order valence-electron chi connectivity index (χ3n) is 2.53. The molecule has 114 valence electrons. The number of rotatable bonds is 5. The van der Waals surface area contributed by atoms with Gasteiger partial charge in [-0.05, 0) is 32.0 Å². The van der Waals surface area contributed by atoms with Gasteiger partial charge in [-0.15, -0.1) is 6.42 Å². The molecule has 0 fully saturated rings. The van der Waals surface area contributed by atoms with Crippen LogP contribution in [0.4, 0.5) is 18.9 Å². The average molecular weight is 319 g/mol.